The van der Waals surface area contributed by atoms with Crippen molar-refractivity contribution in [2.75, 3.05) is 22.9 Å². The van der Waals surface area contributed by atoms with Gasteiger partial charge in [-0.2, -0.15) is 13.2 Å². The molecule has 0 aliphatic carbocycles. The van der Waals surface area contributed by atoms with E-state index in [-0.39, 0.29) is 28.6 Å². The van der Waals surface area contributed by atoms with Crippen molar-refractivity contribution in [1.29, 1.82) is 0 Å². The minimum atomic E-state index is -4.72. The SMILES string of the molecule is Cc1cc(N2CCC(C3=Nc4c(F)cccc4C(CC(=O)O)N3c3cc(C(F)(F)F)ccc3O)CC2)ccc1F. The fourth-order valence-corrected chi connectivity index (χ4v) is 5.45. The third-order valence-corrected chi connectivity index (χ3v) is 7.46. The first-order valence-electron chi connectivity index (χ1n) is 12.7. The van der Waals surface area contributed by atoms with Crippen molar-refractivity contribution in [3.8, 4) is 5.75 Å². The number of aliphatic carboxylic acids is 1. The van der Waals surface area contributed by atoms with Gasteiger partial charge in [0.1, 0.15) is 28.9 Å². The standard InChI is InChI=1S/C29H26F5N3O3/c1-16-13-19(6-7-21(16)30)36-11-9-17(10-12-36)28-35-27-20(3-2-4-22(27)31)23(15-26(39)40)37(28)24-14-18(29(32,33)34)5-8-25(24)38/h2-8,13-14,17,23,38H,9-12,15H2,1H3,(H,39,40). The zero-order valence-corrected chi connectivity index (χ0v) is 21.4. The number of benzene rings is 3. The third kappa shape index (κ3) is 5.20. The summed E-state index contributed by atoms with van der Waals surface area (Å²) in [5.41, 5.74) is 0.151. The van der Waals surface area contributed by atoms with Gasteiger partial charge >= 0.3 is 12.1 Å². The van der Waals surface area contributed by atoms with E-state index in [4.69, 9.17) is 0 Å². The maximum atomic E-state index is 15.0. The van der Waals surface area contributed by atoms with E-state index < -0.39 is 47.7 Å². The maximum absolute atomic E-state index is 15.0. The van der Waals surface area contributed by atoms with E-state index in [0.29, 0.717) is 31.5 Å². The highest BCUT2D eigenvalue weighted by molar-refractivity contribution is 6.05. The van der Waals surface area contributed by atoms with Crippen molar-refractivity contribution in [3.63, 3.8) is 0 Å². The van der Waals surface area contributed by atoms with Gasteiger partial charge in [-0.15, -0.1) is 0 Å². The Bertz CT molecular complexity index is 1480. The van der Waals surface area contributed by atoms with Crippen LogP contribution in [0.25, 0.3) is 0 Å². The monoisotopic (exact) mass is 559 g/mol. The molecule has 3 aromatic carbocycles. The highest BCUT2D eigenvalue weighted by Gasteiger charge is 2.40. The average molecular weight is 560 g/mol. The number of rotatable bonds is 5. The average Bonchev–Trinajstić information content (AvgIpc) is 2.90. The highest BCUT2D eigenvalue weighted by Crippen LogP contribution is 2.47. The number of fused-ring (bicyclic) bond motifs is 1. The van der Waals surface area contributed by atoms with E-state index in [1.807, 2.05) is 4.90 Å². The van der Waals surface area contributed by atoms with Gasteiger partial charge in [-0.25, -0.2) is 13.8 Å². The molecule has 5 rings (SSSR count). The number of anilines is 2. The van der Waals surface area contributed by atoms with Gasteiger partial charge in [-0.1, -0.05) is 12.1 Å². The number of phenols is 1. The molecule has 1 saturated heterocycles. The molecule has 2 aliphatic heterocycles. The van der Waals surface area contributed by atoms with E-state index in [1.165, 1.54) is 29.2 Å². The number of carbonyl (C=O) groups is 1. The number of hydrogen-bond donors (Lipinski definition) is 2. The molecule has 2 heterocycles. The second kappa shape index (κ2) is 10.4. The lowest BCUT2D eigenvalue weighted by Crippen LogP contribution is -2.46. The van der Waals surface area contributed by atoms with Crippen LogP contribution in [0, 0.1) is 24.5 Å². The van der Waals surface area contributed by atoms with Crippen LogP contribution in [0.4, 0.5) is 39.0 Å². The van der Waals surface area contributed by atoms with E-state index in [0.717, 1.165) is 23.9 Å². The number of phenolic OH excluding ortho intramolecular Hbond substituents is 1. The number of carboxylic acids is 1. The molecule has 0 spiro atoms. The summed E-state index contributed by atoms with van der Waals surface area (Å²) < 4.78 is 69.8. The Morgan fingerprint density at radius 1 is 1.02 bits per heavy atom. The summed E-state index contributed by atoms with van der Waals surface area (Å²) in [5.74, 6) is -2.95. The predicted octanol–water partition coefficient (Wildman–Crippen LogP) is 6.98. The number of nitrogens with zero attached hydrogens (tertiary/aromatic N) is 3. The first-order valence-corrected chi connectivity index (χ1v) is 12.7. The molecular weight excluding hydrogens is 533 g/mol. The number of alkyl halides is 3. The smallest absolute Gasteiger partial charge is 0.416 e. The minimum Gasteiger partial charge on any atom is -0.506 e. The summed E-state index contributed by atoms with van der Waals surface area (Å²) in [6.07, 6.45) is -4.39. The van der Waals surface area contributed by atoms with Crippen molar-refractivity contribution < 1.29 is 37.0 Å². The predicted molar refractivity (Wildman–Crippen MR) is 140 cm³/mol. The quantitative estimate of drug-likeness (QED) is 0.330. The van der Waals surface area contributed by atoms with Crippen molar-refractivity contribution in [3.05, 3.63) is 82.9 Å². The molecular formula is C29H26F5N3O3. The number of aromatic hydroxyl groups is 1. The zero-order valence-electron chi connectivity index (χ0n) is 21.4. The van der Waals surface area contributed by atoms with Crippen LogP contribution >= 0.6 is 0 Å². The van der Waals surface area contributed by atoms with Gasteiger partial charge in [0.2, 0.25) is 0 Å². The number of aryl methyl sites for hydroxylation is 1. The summed E-state index contributed by atoms with van der Waals surface area (Å²) in [7, 11) is 0. The molecule has 40 heavy (non-hydrogen) atoms. The lowest BCUT2D eigenvalue weighted by molar-refractivity contribution is -0.138. The fraction of sp³-hybridized carbons (Fsp3) is 0.310. The molecule has 1 atom stereocenters. The van der Waals surface area contributed by atoms with Crippen molar-refractivity contribution in [2.24, 2.45) is 10.9 Å². The third-order valence-electron chi connectivity index (χ3n) is 7.46. The summed E-state index contributed by atoms with van der Waals surface area (Å²) in [4.78, 5) is 19.9. The summed E-state index contributed by atoms with van der Waals surface area (Å²) >= 11 is 0. The molecule has 0 bridgehead atoms. The molecule has 2 aliphatic rings. The van der Waals surface area contributed by atoms with Crippen molar-refractivity contribution in [1.82, 2.24) is 0 Å². The van der Waals surface area contributed by atoms with Crippen LogP contribution < -0.4 is 9.80 Å². The van der Waals surface area contributed by atoms with Crippen molar-refractivity contribution >= 4 is 28.9 Å². The molecule has 0 radical (unpaired) electrons. The number of aliphatic imine (C=N–C) groups is 1. The van der Waals surface area contributed by atoms with E-state index in [2.05, 4.69) is 4.99 Å². The van der Waals surface area contributed by atoms with E-state index >= 15 is 0 Å². The molecule has 2 N–H and O–H groups in total. The van der Waals surface area contributed by atoms with Crippen molar-refractivity contribution in [2.45, 2.75) is 38.4 Å². The van der Waals surface area contributed by atoms with Crippen LogP contribution in [0.1, 0.15) is 42.0 Å². The Morgan fingerprint density at radius 3 is 2.40 bits per heavy atom. The Kier molecular flexibility index (Phi) is 7.16. The molecule has 0 aromatic heterocycles. The van der Waals surface area contributed by atoms with Crippen LogP contribution in [0.3, 0.4) is 0 Å². The second-order valence-electron chi connectivity index (χ2n) is 10.0. The van der Waals surface area contributed by atoms with Crippen LogP contribution in [0.5, 0.6) is 5.75 Å². The first kappa shape index (κ1) is 27.4. The molecule has 1 fully saturated rings. The molecule has 3 aromatic rings. The fourth-order valence-electron chi connectivity index (χ4n) is 5.45. The Balaban J connectivity index is 1.59. The Labute approximate surface area is 227 Å². The van der Waals surface area contributed by atoms with Gasteiger partial charge in [0.05, 0.1) is 23.7 Å². The lowest BCUT2D eigenvalue weighted by Gasteiger charge is -2.43. The summed E-state index contributed by atoms with van der Waals surface area (Å²) in [5, 5.41) is 20.5. The number of amidine groups is 1. The van der Waals surface area contributed by atoms with Crippen LogP contribution in [0.15, 0.2) is 59.6 Å². The lowest BCUT2D eigenvalue weighted by atomic mass is 9.89. The summed E-state index contributed by atoms with van der Waals surface area (Å²) in [6.45, 7) is 2.64. The number of halogens is 5. The number of piperidine rings is 1. The molecule has 6 nitrogen and oxygen atoms in total. The normalized spacial score (nSPS) is 17.9. The van der Waals surface area contributed by atoms with Gasteiger partial charge in [0.25, 0.3) is 0 Å². The van der Waals surface area contributed by atoms with Crippen LogP contribution in [-0.4, -0.2) is 35.1 Å². The molecule has 210 valence electrons. The van der Waals surface area contributed by atoms with Gasteiger partial charge < -0.3 is 20.0 Å². The Hall–Kier alpha value is -4.15. The number of hydrogen-bond acceptors (Lipinski definition) is 5. The van der Waals surface area contributed by atoms with Gasteiger partial charge in [-0.3, -0.25) is 4.79 Å². The highest BCUT2D eigenvalue weighted by atomic mass is 19.4. The van der Waals surface area contributed by atoms with Gasteiger partial charge in [0.15, 0.2) is 0 Å². The summed E-state index contributed by atoms with van der Waals surface area (Å²) in [6, 6.07) is 10.1. The van der Waals surface area contributed by atoms with Gasteiger partial charge in [-0.05, 0) is 67.8 Å². The van der Waals surface area contributed by atoms with E-state index in [1.54, 1.807) is 19.1 Å². The number of carboxylic acid groups (broad SMARTS) is 1. The largest absolute Gasteiger partial charge is 0.506 e. The zero-order chi connectivity index (χ0) is 28.8. The second-order valence-corrected chi connectivity index (χ2v) is 10.0. The maximum Gasteiger partial charge on any atom is 0.416 e. The minimum absolute atomic E-state index is 0.0666. The molecule has 0 amide bonds. The van der Waals surface area contributed by atoms with Crippen LogP contribution in [-0.2, 0) is 11.0 Å². The van der Waals surface area contributed by atoms with E-state index in [9.17, 15) is 37.0 Å². The number of para-hydroxylation sites is 1. The topological polar surface area (TPSA) is 76.4 Å². The molecule has 0 saturated carbocycles. The Morgan fingerprint density at radius 2 is 1.75 bits per heavy atom. The van der Waals surface area contributed by atoms with Crippen LogP contribution in [0.2, 0.25) is 0 Å². The van der Waals surface area contributed by atoms with Gasteiger partial charge in [0, 0.05) is 30.3 Å². The first-order chi connectivity index (χ1) is 18.9. The molecule has 1 unspecified atom stereocenters. The molecule has 11 heteroatoms.